The van der Waals surface area contributed by atoms with Crippen LogP contribution in [0.5, 0.6) is 5.75 Å². The molecule has 3 heteroatoms. The normalized spacial score (nSPS) is 11.9. The van der Waals surface area contributed by atoms with E-state index in [9.17, 15) is 5.11 Å². The van der Waals surface area contributed by atoms with Gasteiger partial charge in [-0.25, -0.2) is 0 Å². The average molecular weight is 291 g/mol. The molecule has 0 spiro atoms. The lowest BCUT2D eigenvalue weighted by molar-refractivity contribution is 0.219. The van der Waals surface area contributed by atoms with E-state index in [1.165, 1.54) is 0 Å². The molecule has 110 valence electrons. The van der Waals surface area contributed by atoms with Crippen LogP contribution in [0.4, 0.5) is 0 Å². The Morgan fingerprint density at radius 3 is 2.32 bits per heavy atom. The highest BCUT2D eigenvalue weighted by Gasteiger charge is 2.10. The molecule has 0 saturated heterocycles. The standard InChI is InChI=1S/C19H17NO2/c21-19(17-7-4-12-20-13-17)16-8-10-18(11-9-16)22-14-15-5-2-1-3-6-15/h1-13,19,21H,14H2. The van der Waals surface area contributed by atoms with Crippen LogP contribution in [0.15, 0.2) is 79.1 Å². The lowest BCUT2D eigenvalue weighted by atomic mass is 10.0. The van der Waals surface area contributed by atoms with Crippen molar-refractivity contribution in [1.29, 1.82) is 0 Å². The molecule has 3 aromatic rings. The van der Waals surface area contributed by atoms with E-state index in [0.29, 0.717) is 6.61 Å². The Bertz CT molecular complexity index is 697. The van der Waals surface area contributed by atoms with Gasteiger partial charge in [-0.15, -0.1) is 0 Å². The van der Waals surface area contributed by atoms with Crippen molar-refractivity contribution in [3.05, 3.63) is 95.8 Å². The van der Waals surface area contributed by atoms with Crippen molar-refractivity contribution in [3.63, 3.8) is 0 Å². The number of benzene rings is 2. The molecule has 2 aromatic carbocycles. The van der Waals surface area contributed by atoms with Crippen LogP contribution in [0.3, 0.4) is 0 Å². The highest BCUT2D eigenvalue weighted by Crippen LogP contribution is 2.23. The molecule has 0 radical (unpaired) electrons. The third kappa shape index (κ3) is 3.51. The second-order valence-corrected chi connectivity index (χ2v) is 5.03. The molecule has 1 N–H and O–H groups in total. The molecule has 3 nitrogen and oxygen atoms in total. The number of hydrogen-bond acceptors (Lipinski definition) is 3. The minimum absolute atomic E-state index is 0.533. The van der Waals surface area contributed by atoms with Gasteiger partial charge in [-0.05, 0) is 29.3 Å². The molecule has 1 unspecified atom stereocenters. The molecular formula is C19H17NO2. The predicted molar refractivity (Wildman–Crippen MR) is 85.5 cm³/mol. The maximum Gasteiger partial charge on any atom is 0.119 e. The molecule has 0 aliphatic rings. The van der Waals surface area contributed by atoms with E-state index in [2.05, 4.69) is 4.98 Å². The number of pyridine rings is 1. The molecule has 0 fully saturated rings. The molecule has 1 aromatic heterocycles. The fraction of sp³-hybridized carbons (Fsp3) is 0.105. The summed E-state index contributed by atoms with van der Waals surface area (Å²) in [6.45, 7) is 0.533. The number of rotatable bonds is 5. The van der Waals surface area contributed by atoms with Crippen LogP contribution in [0.1, 0.15) is 22.8 Å². The zero-order valence-electron chi connectivity index (χ0n) is 12.1. The van der Waals surface area contributed by atoms with Gasteiger partial charge in [-0.1, -0.05) is 48.5 Å². The number of aliphatic hydroxyl groups is 1. The van der Waals surface area contributed by atoms with Crippen LogP contribution in [-0.2, 0) is 6.61 Å². The molecule has 1 heterocycles. The van der Waals surface area contributed by atoms with Crippen LogP contribution in [-0.4, -0.2) is 10.1 Å². The minimum Gasteiger partial charge on any atom is -0.489 e. The summed E-state index contributed by atoms with van der Waals surface area (Å²) in [5.74, 6) is 0.783. The lowest BCUT2D eigenvalue weighted by Crippen LogP contribution is -2.00. The molecule has 0 amide bonds. The van der Waals surface area contributed by atoms with Gasteiger partial charge in [-0.3, -0.25) is 4.98 Å². The third-order valence-corrected chi connectivity index (χ3v) is 3.44. The molecule has 0 aliphatic heterocycles. The molecule has 0 bridgehead atoms. The third-order valence-electron chi connectivity index (χ3n) is 3.44. The van der Waals surface area contributed by atoms with Crippen LogP contribution in [0.2, 0.25) is 0 Å². The van der Waals surface area contributed by atoms with Crippen LogP contribution in [0, 0.1) is 0 Å². The minimum atomic E-state index is -0.670. The summed E-state index contributed by atoms with van der Waals surface area (Å²) in [6.07, 6.45) is 2.69. The van der Waals surface area contributed by atoms with E-state index < -0.39 is 6.10 Å². The van der Waals surface area contributed by atoms with E-state index in [0.717, 1.165) is 22.4 Å². The van der Waals surface area contributed by atoms with Gasteiger partial charge in [0.25, 0.3) is 0 Å². The summed E-state index contributed by atoms with van der Waals surface area (Å²) in [7, 11) is 0. The maximum atomic E-state index is 10.3. The highest BCUT2D eigenvalue weighted by atomic mass is 16.5. The maximum absolute atomic E-state index is 10.3. The van der Waals surface area contributed by atoms with E-state index in [1.807, 2.05) is 66.7 Å². The van der Waals surface area contributed by atoms with Gasteiger partial charge in [0.15, 0.2) is 0 Å². The van der Waals surface area contributed by atoms with Crippen molar-refractivity contribution in [2.45, 2.75) is 12.7 Å². The van der Waals surface area contributed by atoms with Gasteiger partial charge in [0.1, 0.15) is 18.5 Å². The van der Waals surface area contributed by atoms with E-state index in [4.69, 9.17) is 4.74 Å². The van der Waals surface area contributed by atoms with E-state index >= 15 is 0 Å². The first-order valence-electron chi connectivity index (χ1n) is 7.17. The number of aromatic nitrogens is 1. The van der Waals surface area contributed by atoms with Crippen molar-refractivity contribution in [1.82, 2.24) is 4.98 Å². The molecule has 22 heavy (non-hydrogen) atoms. The first-order chi connectivity index (χ1) is 10.8. The zero-order valence-corrected chi connectivity index (χ0v) is 12.1. The number of aliphatic hydroxyl groups excluding tert-OH is 1. The second-order valence-electron chi connectivity index (χ2n) is 5.03. The largest absolute Gasteiger partial charge is 0.489 e. The van der Waals surface area contributed by atoms with Crippen LogP contribution in [0.25, 0.3) is 0 Å². The average Bonchev–Trinajstić information content (AvgIpc) is 2.61. The first-order valence-corrected chi connectivity index (χ1v) is 7.17. The van der Waals surface area contributed by atoms with Gasteiger partial charge in [-0.2, -0.15) is 0 Å². The summed E-state index contributed by atoms with van der Waals surface area (Å²) in [5, 5.41) is 10.3. The number of nitrogens with zero attached hydrogens (tertiary/aromatic N) is 1. The Hall–Kier alpha value is -2.65. The van der Waals surface area contributed by atoms with Crippen LogP contribution >= 0.6 is 0 Å². The summed E-state index contributed by atoms with van der Waals surface area (Å²) in [5.41, 5.74) is 2.72. The van der Waals surface area contributed by atoms with Crippen LogP contribution < -0.4 is 4.74 Å². The Morgan fingerprint density at radius 1 is 0.864 bits per heavy atom. The summed E-state index contributed by atoms with van der Waals surface area (Å²) >= 11 is 0. The van der Waals surface area contributed by atoms with E-state index in [1.54, 1.807) is 12.4 Å². The second kappa shape index (κ2) is 6.87. The lowest BCUT2D eigenvalue weighted by Gasteiger charge is -2.12. The van der Waals surface area contributed by atoms with Gasteiger partial charge >= 0.3 is 0 Å². The molecule has 0 saturated carbocycles. The first kappa shape index (κ1) is 14.3. The van der Waals surface area contributed by atoms with Gasteiger partial charge in [0, 0.05) is 18.0 Å². The predicted octanol–water partition coefficient (Wildman–Crippen LogP) is 3.74. The fourth-order valence-corrected chi connectivity index (χ4v) is 2.22. The van der Waals surface area contributed by atoms with Crippen molar-refractivity contribution >= 4 is 0 Å². The summed E-state index contributed by atoms with van der Waals surface area (Å²) in [6, 6.07) is 21.2. The Balaban J connectivity index is 1.65. The Labute approximate surface area is 129 Å². The number of ether oxygens (including phenoxy) is 1. The van der Waals surface area contributed by atoms with Crippen molar-refractivity contribution < 1.29 is 9.84 Å². The highest BCUT2D eigenvalue weighted by molar-refractivity contribution is 5.33. The van der Waals surface area contributed by atoms with Crippen molar-refractivity contribution in [2.75, 3.05) is 0 Å². The molecular weight excluding hydrogens is 274 g/mol. The van der Waals surface area contributed by atoms with Crippen molar-refractivity contribution in [2.24, 2.45) is 0 Å². The quantitative estimate of drug-likeness (QED) is 0.778. The van der Waals surface area contributed by atoms with E-state index in [-0.39, 0.29) is 0 Å². The summed E-state index contributed by atoms with van der Waals surface area (Å²) < 4.78 is 5.74. The Kier molecular flexibility index (Phi) is 4.47. The summed E-state index contributed by atoms with van der Waals surface area (Å²) in [4.78, 5) is 4.03. The fourth-order valence-electron chi connectivity index (χ4n) is 2.22. The Morgan fingerprint density at radius 2 is 1.64 bits per heavy atom. The van der Waals surface area contributed by atoms with Crippen molar-refractivity contribution in [3.8, 4) is 5.75 Å². The topological polar surface area (TPSA) is 42.4 Å². The monoisotopic (exact) mass is 291 g/mol. The zero-order chi connectivity index (χ0) is 15.2. The smallest absolute Gasteiger partial charge is 0.119 e. The van der Waals surface area contributed by atoms with Gasteiger partial charge in [0.05, 0.1) is 0 Å². The number of hydrogen-bond donors (Lipinski definition) is 1. The molecule has 3 rings (SSSR count). The molecule has 1 atom stereocenters. The van der Waals surface area contributed by atoms with Gasteiger partial charge in [0.2, 0.25) is 0 Å². The SMILES string of the molecule is OC(c1ccc(OCc2ccccc2)cc1)c1cccnc1. The van der Waals surface area contributed by atoms with Gasteiger partial charge < -0.3 is 9.84 Å². The molecule has 0 aliphatic carbocycles.